The van der Waals surface area contributed by atoms with Crippen molar-refractivity contribution in [3.63, 3.8) is 0 Å². The number of rotatable bonds is 5. The maximum absolute atomic E-state index is 9.89. The summed E-state index contributed by atoms with van der Waals surface area (Å²) in [6.45, 7) is 4.06. The Labute approximate surface area is 152 Å². The summed E-state index contributed by atoms with van der Waals surface area (Å²) in [4.78, 5) is 10.2. The van der Waals surface area contributed by atoms with Crippen LogP contribution in [0, 0.1) is 6.92 Å². The molecule has 0 aliphatic rings. The van der Waals surface area contributed by atoms with Gasteiger partial charge in [-0.25, -0.2) is 4.98 Å². The van der Waals surface area contributed by atoms with Crippen molar-refractivity contribution >= 4 is 38.4 Å². The number of aromatic nitrogens is 2. The molecule has 4 rings (SSSR count). The molecular formula is C21H24N4O. The molecule has 0 atom stereocenters. The number of aryl methyl sites for hydroxylation is 1. The average Bonchev–Trinajstić information content (AvgIpc) is 2.97. The van der Waals surface area contributed by atoms with Crippen molar-refractivity contribution in [2.75, 3.05) is 32.5 Å². The fourth-order valence-electron chi connectivity index (χ4n) is 3.61. The fourth-order valence-corrected chi connectivity index (χ4v) is 3.61. The summed E-state index contributed by atoms with van der Waals surface area (Å²) in [6.07, 6.45) is 2.93. The van der Waals surface area contributed by atoms with E-state index in [0.29, 0.717) is 0 Å². The number of anilines is 1. The Morgan fingerprint density at radius 1 is 1.08 bits per heavy atom. The third kappa shape index (κ3) is 2.84. The third-order valence-corrected chi connectivity index (χ3v) is 4.95. The second-order valence-electron chi connectivity index (χ2n) is 7.12. The first kappa shape index (κ1) is 16.7. The van der Waals surface area contributed by atoms with Crippen LogP contribution in [0.1, 0.15) is 12.0 Å². The molecule has 0 aliphatic heterocycles. The maximum Gasteiger partial charge on any atom is 0.133 e. The van der Waals surface area contributed by atoms with Crippen LogP contribution in [-0.4, -0.2) is 47.2 Å². The van der Waals surface area contributed by atoms with Crippen molar-refractivity contribution in [3.8, 4) is 5.75 Å². The minimum atomic E-state index is 0.282. The molecule has 0 saturated carbocycles. The number of fused-ring (bicyclic) bond motifs is 4. The Morgan fingerprint density at radius 3 is 2.73 bits per heavy atom. The second-order valence-corrected chi connectivity index (χ2v) is 7.12. The Hall–Kier alpha value is -2.79. The molecule has 0 spiro atoms. The van der Waals surface area contributed by atoms with Gasteiger partial charge in [-0.2, -0.15) is 0 Å². The summed E-state index contributed by atoms with van der Waals surface area (Å²) in [7, 11) is 4.17. The zero-order chi connectivity index (χ0) is 18.3. The van der Waals surface area contributed by atoms with Gasteiger partial charge in [-0.1, -0.05) is 0 Å². The van der Waals surface area contributed by atoms with E-state index in [0.717, 1.165) is 52.5 Å². The average molecular weight is 348 g/mol. The molecule has 0 radical (unpaired) electrons. The van der Waals surface area contributed by atoms with Crippen LogP contribution < -0.4 is 5.32 Å². The first-order valence-corrected chi connectivity index (χ1v) is 8.96. The number of phenols is 1. The number of pyridine rings is 1. The summed E-state index contributed by atoms with van der Waals surface area (Å²) in [6, 6.07) is 9.70. The zero-order valence-corrected chi connectivity index (χ0v) is 15.4. The molecule has 134 valence electrons. The van der Waals surface area contributed by atoms with Crippen LogP contribution in [0.25, 0.3) is 32.6 Å². The molecule has 2 aromatic heterocycles. The Balaban J connectivity index is 1.84. The highest BCUT2D eigenvalue weighted by atomic mass is 16.3. The van der Waals surface area contributed by atoms with Crippen molar-refractivity contribution < 1.29 is 5.11 Å². The highest BCUT2D eigenvalue weighted by Crippen LogP contribution is 2.36. The van der Waals surface area contributed by atoms with Crippen molar-refractivity contribution in [3.05, 3.63) is 42.1 Å². The lowest BCUT2D eigenvalue weighted by Crippen LogP contribution is -2.16. The molecule has 2 heterocycles. The lowest BCUT2D eigenvalue weighted by molar-refractivity contribution is 0.405. The largest absolute Gasteiger partial charge is 0.508 e. The number of nitrogens with one attached hydrogen (secondary N) is 2. The molecule has 26 heavy (non-hydrogen) atoms. The number of nitrogens with zero attached hydrogens (tertiary/aromatic N) is 2. The molecule has 5 heteroatoms. The van der Waals surface area contributed by atoms with E-state index in [2.05, 4.69) is 53.3 Å². The molecule has 0 unspecified atom stereocenters. The fraction of sp³-hybridized carbons (Fsp3) is 0.286. The quantitative estimate of drug-likeness (QED) is 0.472. The van der Waals surface area contributed by atoms with Crippen LogP contribution in [0.15, 0.2) is 36.5 Å². The zero-order valence-electron chi connectivity index (χ0n) is 15.4. The van der Waals surface area contributed by atoms with Crippen LogP contribution >= 0.6 is 0 Å². The number of aromatic hydroxyl groups is 1. The predicted octanol–water partition coefficient (Wildman–Crippen LogP) is 4.25. The van der Waals surface area contributed by atoms with Gasteiger partial charge in [-0.05, 0) is 75.3 Å². The topological polar surface area (TPSA) is 64.2 Å². The molecule has 2 aromatic carbocycles. The normalized spacial score (nSPS) is 11.8. The van der Waals surface area contributed by atoms with E-state index in [1.54, 1.807) is 6.07 Å². The van der Waals surface area contributed by atoms with Crippen molar-refractivity contribution in [1.29, 1.82) is 0 Å². The smallest absolute Gasteiger partial charge is 0.133 e. The van der Waals surface area contributed by atoms with Gasteiger partial charge in [-0.3, -0.25) is 0 Å². The lowest BCUT2D eigenvalue weighted by Gasteiger charge is -2.13. The van der Waals surface area contributed by atoms with Crippen molar-refractivity contribution in [2.24, 2.45) is 0 Å². The second kappa shape index (κ2) is 6.50. The van der Waals surface area contributed by atoms with Gasteiger partial charge in [0.05, 0.1) is 5.52 Å². The molecule has 0 aliphatic carbocycles. The standard InChI is InChI=1S/C21H24N4O/c1-13-15-7-9-23-21(22-8-4-10-25(2)3)18(15)12-17-16-11-14(26)5-6-19(16)24-20(13)17/h5-7,9,11-12,24,26H,4,8,10H2,1-3H3,(H,22,23). The number of aromatic amines is 1. The van der Waals surface area contributed by atoms with Crippen molar-refractivity contribution in [1.82, 2.24) is 14.9 Å². The van der Waals surface area contributed by atoms with E-state index in [-0.39, 0.29) is 5.75 Å². The minimum absolute atomic E-state index is 0.282. The van der Waals surface area contributed by atoms with Gasteiger partial charge in [0.2, 0.25) is 0 Å². The molecule has 3 N–H and O–H groups in total. The van der Waals surface area contributed by atoms with E-state index in [1.165, 1.54) is 10.9 Å². The molecular weight excluding hydrogens is 324 g/mol. The van der Waals surface area contributed by atoms with Gasteiger partial charge in [0.15, 0.2) is 0 Å². The monoisotopic (exact) mass is 348 g/mol. The molecule has 5 nitrogen and oxygen atoms in total. The summed E-state index contributed by atoms with van der Waals surface area (Å²) >= 11 is 0. The number of phenolic OH excluding ortho intramolecular Hbond substituents is 1. The molecule has 0 amide bonds. The van der Waals surface area contributed by atoms with Gasteiger partial charge < -0.3 is 20.3 Å². The van der Waals surface area contributed by atoms with E-state index >= 15 is 0 Å². The predicted molar refractivity (Wildman–Crippen MR) is 109 cm³/mol. The Morgan fingerprint density at radius 2 is 1.92 bits per heavy atom. The minimum Gasteiger partial charge on any atom is -0.508 e. The van der Waals surface area contributed by atoms with Gasteiger partial charge in [0, 0.05) is 34.4 Å². The highest BCUT2D eigenvalue weighted by molar-refractivity contribution is 6.15. The molecule has 0 bridgehead atoms. The first-order chi connectivity index (χ1) is 12.5. The number of H-pyrrole nitrogens is 1. The highest BCUT2D eigenvalue weighted by Gasteiger charge is 2.13. The summed E-state index contributed by atoms with van der Waals surface area (Å²) < 4.78 is 0. The van der Waals surface area contributed by atoms with Crippen LogP contribution in [0.3, 0.4) is 0 Å². The summed E-state index contributed by atoms with van der Waals surface area (Å²) in [5.41, 5.74) is 3.35. The number of benzene rings is 2. The van der Waals surface area contributed by atoms with Crippen LogP contribution in [0.5, 0.6) is 5.75 Å². The number of hydrogen-bond acceptors (Lipinski definition) is 4. The van der Waals surface area contributed by atoms with Gasteiger partial charge in [-0.15, -0.1) is 0 Å². The summed E-state index contributed by atoms with van der Waals surface area (Å²) in [5.74, 6) is 1.20. The maximum atomic E-state index is 9.89. The van der Waals surface area contributed by atoms with Gasteiger partial charge >= 0.3 is 0 Å². The molecule has 0 saturated heterocycles. The molecule has 4 aromatic rings. The SMILES string of the molecule is Cc1c2ccnc(NCCCN(C)C)c2cc2c1[nH]c1ccc(O)cc12. The third-order valence-electron chi connectivity index (χ3n) is 4.95. The van der Waals surface area contributed by atoms with E-state index in [4.69, 9.17) is 0 Å². The van der Waals surface area contributed by atoms with Gasteiger partial charge in [0.1, 0.15) is 11.6 Å². The van der Waals surface area contributed by atoms with Crippen LogP contribution in [0.2, 0.25) is 0 Å². The lowest BCUT2D eigenvalue weighted by atomic mass is 10.0. The first-order valence-electron chi connectivity index (χ1n) is 8.96. The Kier molecular flexibility index (Phi) is 4.17. The van der Waals surface area contributed by atoms with E-state index in [9.17, 15) is 5.11 Å². The number of hydrogen-bond donors (Lipinski definition) is 3. The summed E-state index contributed by atoms with van der Waals surface area (Å²) in [5, 5.41) is 17.8. The molecule has 0 fully saturated rings. The van der Waals surface area contributed by atoms with Gasteiger partial charge in [0.25, 0.3) is 0 Å². The van der Waals surface area contributed by atoms with Crippen LogP contribution in [0.4, 0.5) is 5.82 Å². The Bertz CT molecular complexity index is 1100. The van der Waals surface area contributed by atoms with E-state index < -0.39 is 0 Å². The van der Waals surface area contributed by atoms with E-state index in [1.807, 2.05) is 18.3 Å². The van der Waals surface area contributed by atoms with Crippen molar-refractivity contribution in [2.45, 2.75) is 13.3 Å². The van der Waals surface area contributed by atoms with Crippen LogP contribution in [-0.2, 0) is 0 Å².